The van der Waals surface area contributed by atoms with Gasteiger partial charge in [0.15, 0.2) is 0 Å². The molecule has 0 radical (unpaired) electrons. The van der Waals surface area contributed by atoms with E-state index in [0.29, 0.717) is 5.56 Å². The number of pyridine rings is 2. The van der Waals surface area contributed by atoms with Crippen LogP contribution in [0.15, 0.2) is 128 Å². The number of fused-ring (bicyclic) bond motifs is 9. The van der Waals surface area contributed by atoms with Crippen LogP contribution in [0.3, 0.4) is 0 Å². The average Bonchev–Trinajstić information content (AvgIpc) is 3.39. The van der Waals surface area contributed by atoms with Crippen molar-refractivity contribution in [1.82, 2.24) is 0 Å². The summed E-state index contributed by atoms with van der Waals surface area (Å²) in [6, 6.07) is 47.2. The van der Waals surface area contributed by atoms with Gasteiger partial charge in [0.05, 0.1) is 0 Å². The van der Waals surface area contributed by atoms with Gasteiger partial charge in [-0.1, -0.05) is 0 Å². The minimum atomic E-state index is -3.48. The zero-order valence-corrected chi connectivity index (χ0v) is 28.9. The van der Waals surface area contributed by atoms with E-state index >= 15 is 0 Å². The molecule has 46 heavy (non-hydrogen) atoms. The van der Waals surface area contributed by atoms with Gasteiger partial charge in [-0.25, -0.2) is 0 Å². The normalized spacial score (nSPS) is 18.1. The number of alkyl halides is 1. The Kier molecular flexibility index (Phi) is 6.74. The van der Waals surface area contributed by atoms with E-state index in [0.717, 1.165) is 18.4 Å². The molecule has 0 saturated carbocycles. The first-order chi connectivity index (χ1) is 22.5. The van der Waals surface area contributed by atoms with E-state index < -0.39 is 18.7 Å². The predicted molar refractivity (Wildman–Crippen MR) is 181 cm³/mol. The Hall–Kier alpha value is -4.60. The number of aromatic nitrogens is 2. The number of nitriles is 1. The van der Waals surface area contributed by atoms with Crippen molar-refractivity contribution >= 4 is 0 Å². The quantitative estimate of drug-likeness (QED) is 0.128. The zero-order valence-electron chi connectivity index (χ0n) is 26.8. The third kappa shape index (κ3) is 3.82. The van der Waals surface area contributed by atoms with E-state index in [1.54, 1.807) is 0 Å². The molecule has 3 nitrogen and oxygen atoms in total. The molecule has 1 unspecified atom stereocenters. The molecule has 0 saturated heterocycles. The fraction of sp³-hybridized carbons (Fsp3) is 0.167. The molecule has 1 atom stereocenters. The van der Waals surface area contributed by atoms with Crippen LogP contribution in [0.4, 0.5) is 0 Å². The second-order valence-electron chi connectivity index (χ2n) is 12.4. The van der Waals surface area contributed by atoms with Gasteiger partial charge in [-0.05, 0) is 0 Å². The van der Waals surface area contributed by atoms with Crippen LogP contribution in [0.5, 0.6) is 0 Å². The summed E-state index contributed by atoms with van der Waals surface area (Å²) in [5, 5.41) is 9.42. The molecule has 0 bridgehead atoms. The van der Waals surface area contributed by atoms with Gasteiger partial charge in [0, 0.05) is 0 Å². The van der Waals surface area contributed by atoms with Crippen molar-refractivity contribution in [2.75, 3.05) is 0 Å². The van der Waals surface area contributed by atoms with Crippen LogP contribution in [-0.2, 0) is 3.55 Å². The van der Waals surface area contributed by atoms with Crippen molar-refractivity contribution < 1.29 is 26.1 Å². The summed E-state index contributed by atoms with van der Waals surface area (Å²) in [6.45, 7) is 9.35. The molecule has 4 aromatic carbocycles. The van der Waals surface area contributed by atoms with Gasteiger partial charge in [0.25, 0.3) is 0 Å². The SMILES string of the molecule is CCC1(CC)[n+]2c(C)cccc2-c2cc(-c3ccc(C#N)cc3)ccc2[I-]12c1ccc(-c3ccccc3)cc1-c1cc(C)cc[n+]12. The molecule has 0 aliphatic carbocycles. The van der Waals surface area contributed by atoms with Crippen LogP contribution < -0.4 is 26.1 Å². The average molecular weight is 711 g/mol. The first kappa shape index (κ1) is 28.8. The number of hydrogen-bond donors (Lipinski definition) is 0. The standard InChI is InChI=1S/C42H37IN3/c1-5-42(6-2)43(39-22-19-34(32-12-8-7-9-13-32)27-37(39)41-25-29(3)23-24-45(41)43)38-21-20-35(33-17-15-31(28-44)16-18-33)26-36(38)40-14-10-11-30(4)46(40)42/h7-27H,5-6H2,1-4H3/q+1. The number of halogens is 1. The first-order valence-electron chi connectivity index (χ1n) is 16.1. The molecule has 2 aliphatic heterocycles. The van der Waals surface area contributed by atoms with Gasteiger partial charge in [0.1, 0.15) is 0 Å². The molecule has 2 aromatic heterocycles. The van der Waals surface area contributed by atoms with Crippen LogP contribution in [0.25, 0.3) is 44.8 Å². The van der Waals surface area contributed by atoms with E-state index in [1.807, 2.05) is 12.1 Å². The van der Waals surface area contributed by atoms with Gasteiger partial charge in [-0.3, -0.25) is 0 Å². The summed E-state index contributed by atoms with van der Waals surface area (Å²) in [5.74, 6) is 0. The van der Waals surface area contributed by atoms with Crippen molar-refractivity contribution in [2.24, 2.45) is 0 Å². The van der Waals surface area contributed by atoms with Crippen LogP contribution in [-0.4, -0.2) is 0 Å². The number of hydrogen-bond acceptors (Lipinski definition) is 1. The molecule has 6 aromatic rings. The molecule has 1 spiro atoms. The number of benzene rings is 4. The maximum atomic E-state index is 9.42. The number of nitrogens with zero attached hydrogens (tertiary/aromatic N) is 3. The van der Waals surface area contributed by atoms with E-state index in [9.17, 15) is 5.26 Å². The summed E-state index contributed by atoms with van der Waals surface area (Å²) in [5.41, 5.74) is 13.5. The van der Waals surface area contributed by atoms with Crippen molar-refractivity contribution in [2.45, 2.75) is 44.1 Å². The van der Waals surface area contributed by atoms with E-state index in [2.05, 4.69) is 157 Å². The van der Waals surface area contributed by atoms with E-state index in [4.69, 9.17) is 0 Å². The van der Waals surface area contributed by atoms with E-state index in [1.165, 1.54) is 57.6 Å². The van der Waals surface area contributed by atoms with Crippen LogP contribution in [0, 0.1) is 32.3 Å². The summed E-state index contributed by atoms with van der Waals surface area (Å²) in [6.07, 6.45) is 4.50. The Labute approximate surface area is 276 Å². The molecule has 226 valence electrons. The third-order valence-corrected chi connectivity index (χ3v) is 22.6. The molecular weight excluding hydrogens is 673 g/mol. The fourth-order valence-corrected chi connectivity index (χ4v) is 22.1. The van der Waals surface area contributed by atoms with Crippen molar-refractivity contribution in [3.05, 3.63) is 151 Å². The maximum absolute atomic E-state index is 9.42. The topological polar surface area (TPSA) is 31.5 Å². The van der Waals surface area contributed by atoms with Crippen molar-refractivity contribution in [3.63, 3.8) is 0 Å². The molecule has 4 heterocycles. The molecule has 4 heteroatoms. The van der Waals surface area contributed by atoms with Gasteiger partial charge < -0.3 is 0 Å². The summed E-state index contributed by atoms with van der Waals surface area (Å²) in [7, 11) is 0. The van der Waals surface area contributed by atoms with Gasteiger partial charge in [-0.15, -0.1) is 0 Å². The predicted octanol–water partition coefficient (Wildman–Crippen LogP) is 5.88. The summed E-state index contributed by atoms with van der Waals surface area (Å²) >= 11 is -3.48. The molecule has 2 aliphatic rings. The van der Waals surface area contributed by atoms with Crippen molar-refractivity contribution in [3.8, 4) is 50.8 Å². The summed E-state index contributed by atoms with van der Waals surface area (Å²) in [4.78, 5) is 0. The van der Waals surface area contributed by atoms with Gasteiger partial charge in [0.2, 0.25) is 0 Å². The first-order valence-corrected chi connectivity index (χ1v) is 20.3. The van der Waals surface area contributed by atoms with Crippen LogP contribution >= 0.6 is 0 Å². The Morgan fingerprint density at radius 3 is 1.87 bits per heavy atom. The second-order valence-corrected chi connectivity index (χ2v) is 20.8. The molecule has 0 amide bonds. The van der Waals surface area contributed by atoms with Crippen LogP contribution in [0.1, 0.15) is 43.5 Å². The minimum absolute atomic E-state index is 0.0930. The fourth-order valence-electron chi connectivity index (χ4n) is 7.94. The van der Waals surface area contributed by atoms with Crippen LogP contribution in [0.2, 0.25) is 0 Å². The Balaban J connectivity index is 1.51. The zero-order chi connectivity index (χ0) is 31.6. The Morgan fingerprint density at radius 2 is 1.24 bits per heavy atom. The summed E-state index contributed by atoms with van der Waals surface area (Å²) < 4.78 is 8.49. The molecule has 0 N–H and O–H groups in total. The van der Waals surface area contributed by atoms with Gasteiger partial charge >= 0.3 is 278 Å². The molecule has 8 rings (SSSR count). The number of aryl methyl sites for hydroxylation is 2. The Bertz CT molecular complexity index is 2210. The third-order valence-electron chi connectivity index (χ3n) is 10.0. The monoisotopic (exact) mass is 710 g/mol. The van der Waals surface area contributed by atoms with Crippen molar-refractivity contribution in [1.29, 1.82) is 5.26 Å². The molecule has 0 fully saturated rings. The second kappa shape index (κ2) is 10.7. The molecular formula is C42H37IN3+. The Morgan fingerprint density at radius 1 is 0.630 bits per heavy atom. The van der Waals surface area contributed by atoms with E-state index in [-0.39, 0.29) is 3.55 Å². The van der Waals surface area contributed by atoms with Gasteiger partial charge in [-0.2, -0.15) is 0 Å². The number of rotatable bonds is 4.